The van der Waals surface area contributed by atoms with E-state index in [1.54, 1.807) is 0 Å². The number of nitrogens with two attached hydrogens (primary N) is 1. The largest absolute Gasteiger partial charge is 0.337 e. The third-order valence-corrected chi connectivity index (χ3v) is 3.34. The molecule has 0 radical (unpaired) electrons. The van der Waals surface area contributed by atoms with Crippen LogP contribution in [-0.4, -0.2) is 23.4 Å². The van der Waals surface area contributed by atoms with Gasteiger partial charge in [-0.15, -0.1) is 0 Å². The average Bonchev–Trinajstić information content (AvgIpc) is 2.41. The predicted molar refractivity (Wildman–Crippen MR) is 79.8 cm³/mol. The summed E-state index contributed by atoms with van der Waals surface area (Å²) in [5.41, 5.74) is 8.36. The fourth-order valence-corrected chi connectivity index (χ4v) is 2.16. The summed E-state index contributed by atoms with van der Waals surface area (Å²) >= 11 is 0. The molecule has 0 heterocycles. The Kier molecular flexibility index (Phi) is 6.57. The number of unbranched alkanes of at least 4 members (excludes halogenated alkanes) is 1. The lowest BCUT2D eigenvalue weighted by Gasteiger charge is -2.24. The van der Waals surface area contributed by atoms with Crippen molar-refractivity contribution in [2.24, 2.45) is 5.73 Å². The lowest BCUT2D eigenvalue weighted by molar-refractivity contribution is -0.133. The summed E-state index contributed by atoms with van der Waals surface area (Å²) in [6.07, 6.45) is 2.86. The molecule has 0 saturated carbocycles. The van der Waals surface area contributed by atoms with Crippen molar-refractivity contribution < 1.29 is 4.79 Å². The van der Waals surface area contributed by atoms with E-state index in [0.717, 1.165) is 24.8 Å². The van der Waals surface area contributed by atoms with Crippen molar-refractivity contribution in [1.82, 2.24) is 4.90 Å². The van der Waals surface area contributed by atoms with Crippen molar-refractivity contribution >= 4 is 5.91 Å². The van der Waals surface area contributed by atoms with E-state index in [1.807, 2.05) is 17.9 Å². The van der Waals surface area contributed by atoms with Gasteiger partial charge >= 0.3 is 0 Å². The van der Waals surface area contributed by atoms with Gasteiger partial charge in [0.2, 0.25) is 5.91 Å². The third-order valence-electron chi connectivity index (χ3n) is 3.34. The summed E-state index contributed by atoms with van der Waals surface area (Å²) in [6.45, 7) is 7.53. The van der Waals surface area contributed by atoms with Gasteiger partial charge in [-0.05, 0) is 25.8 Å². The fourth-order valence-electron chi connectivity index (χ4n) is 2.16. The molecule has 1 aromatic rings. The number of rotatable bonds is 7. The molecule has 1 amide bonds. The Balaban J connectivity index is 2.64. The maximum Gasteiger partial charge on any atom is 0.239 e. The first-order valence-corrected chi connectivity index (χ1v) is 7.18. The average molecular weight is 262 g/mol. The first kappa shape index (κ1) is 15.7. The standard InChI is InChI=1S/C16H26N2O/c1-4-6-10-15(17)16(19)18(5-2)12-14-9-7-8-13(3)11-14/h7-9,11,15H,4-6,10,12,17H2,1-3H3. The Labute approximate surface area is 116 Å². The Hall–Kier alpha value is -1.35. The van der Waals surface area contributed by atoms with E-state index in [0.29, 0.717) is 13.1 Å². The number of amides is 1. The smallest absolute Gasteiger partial charge is 0.239 e. The van der Waals surface area contributed by atoms with Crippen LogP contribution in [0.15, 0.2) is 24.3 Å². The van der Waals surface area contributed by atoms with Gasteiger partial charge in [0, 0.05) is 13.1 Å². The van der Waals surface area contributed by atoms with Crippen LogP contribution < -0.4 is 5.73 Å². The summed E-state index contributed by atoms with van der Waals surface area (Å²) in [5, 5.41) is 0. The monoisotopic (exact) mass is 262 g/mol. The van der Waals surface area contributed by atoms with Gasteiger partial charge in [0.1, 0.15) is 0 Å². The van der Waals surface area contributed by atoms with Crippen LogP contribution in [0.1, 0.15) is 44.2 Å². The SMILES string of the molecule is CCCCC(N)C(=O)N(CC)Cc1cccc(C)c1. The first-order valence-electron chi connectivity index (χ1n) is 7.18. The van der Waals surface area contributed by atoms with E-state index in [1.165, 1.54) is 5.56 Å². The van der Waals surface area contributed by atoms with Crippen molar-refractivity contribution in [3.8, 4) is 0 Å². The second-order valence-electron chi connectivity index (χ2n) is 5.09. The molecule has 3 nitrogen and oxygen atoms in total. The van der Waals surface area contributed by atoms with E-state index >= 15 is 0 Å². The molecular weight excluding hydrogens is 236 g/mol. The maximum atomic E-state index is 12.3. The van der Waals surface area contributed by atoms with E-state index in [-0.39, 0.29) is 11.9 Å². The second-order valence-corrected chi connectivity index (χ2v) is 5.09. The first-order chi connectivity index (χ1) is 9.08. The van der Waals surface area contributed by atoms with Gasteiger partial charge in [-0.2, -0.15) is 0 Å². The quantitative estimate of drug-likeness (QED) is 0.821. The highest BCUT2D eigenvalue weighted by Crippen LogP contribution is 2.10. The van der Waals surface area contributed by atoms with E-state index in [2.05, 4.69) is 32.0 Å². The molecule has 2 N–H and O–H groups in total. The molecule has 0 fully saturated rings. The van der Waals surface area contributed by atoms with E-state index in [4.69, 9.17) is 5.73 Å². The van der Waals surface area contributed by atoms with Crippen LogP contribution in [-0.2, 0) is 11.3 Å². The summed E-state index contributed by atoms with van der Waals surface area (Å²) in [4.78, 5) is 14.1. The van der Waals surface area contributed by atoms with Crippen LogP contribution >= 0.6 is 0 Å². The fraction of sp³-hybridized carbons (Fsp3) is 0.562. The lowest BCUT2D eigenvalue weighted by Crippen LogP contribution is -2.43. The zero-order valence-corrected chi connectivity index (χ0v) is 12.4. The Morgan fingerprint density at radius 3 is 2.68 bits per heavy atom. The highest BCUT2D eigenvalue weighted by atomic mass is 16.2. The highest BCUT2D eigenvalue weighted by molar-refractivity contribution is 5.81. The topological polar surface area (TPSA) is 46.3 Å². The number of hydrogen-bond acceptors (Lipinski definition) is 2. The second kappa shape index (κ2) is 7.95. The van der Waals surface area contributed by atoms with Crippen LogP contribution in [0.3, 0.4) is 0 Å². The van der Waals surface area contributed by atoms with Crippen LogP contribution in [0, 0.1) is 6.92 Å². The van der Waals surface area contributed by atoms with Gasteiger partial charge in [-0.1, -0.05) is 49.6 Å². The third kappa shape index (κ3) is 5.03. The van der Waals surface area contributed by atoms with Crippen LogP contribution in [0.2, 0.25) is 0 Å². The number of carbonyl (C=O) groups excluding carboxylic acids is 1. The summed E-state index contributed by atoms with van der Waals surface area (Å²) in [7, 11) is 0. The van der Waals surface area contributed by atoms with E-state index < -0.39 is 0 Å². The van der Waals surface area contributed by atoms with Crippen molar-refractivity contribution in [3.63, 3.8) is 0 Å². The molecular formula is C16H26N2O. The summed E-state index contributed by atoms with van der Waals surface area (Å²) in [6, 6.07) is 7.91. The van der Waals surface area contributed by atoms with Crippen molar-refractivity contribution in [1.29, 1.82) is 0 Å². The minimum Gasteiger partial charge on any atom is -0.337 e. The molecule has 106 valence electrons. The minimum atomic E-state index is -0.357. The van der Waals surface area contributed by atoms with Gasteiger partial charge in [0.25, 0.3) is 0 Å². The molecule has 1 aromatic carbocycles. The summed E-state index contributed by atoms with van der Waals surface area (Å²) < 4.78 is 0. The molecule has 0 aliphatic rings. The molecule has 0 saturated heterocycles. The Morgan fingerprint density at radius 2 is 2.11 bits per heavy atom. The number of carbonyl (C=O) groups is 1. The normalized spacial score (nSPS) is 12.2. The van der Waals surface area contributed by atoms with Gasteiger partial charge in [0.05, 0.1) is 6.04 Å². The molecule has 0 spiro atoms. The number of aryl methyl sites for hydroxylation is 1. The van der Waals surface area contributed by atoms with Crippen molar-refractivity contribution in [2.45, 2.75) is 52.6 Å². The molecule has 0 bridgehead atoms. The molecule has 0 aliphatic heterocycles. The number of likely N-dealkylation sites (N-methyl/N-ethyl adjacent to an activating group) is 1. The van der Waals surface area contributed by atoms with Gasteiger partial charge in [-0.3, -0.25) is 4.79 Å². The molecule has 1 unspecified atom stereocenters. The minimum absolute atomic E-state index is 0.0671. The number of benzene rings is 1. The van der Waals surface area contributed by atoms with Crippen molar-refractivity contribution in [3.05, 3.63) is 35.4 Å². The molecule has 3 heteroatoms. The van der Waals surface area contributed by atoms with Crippen molar-refractivity contribution in [2.75, 3.05) is 6.54 Å². The molecule has 0 aliphatic carbocycles. The number of hydrogen-bond donors (Lipinski definition) is 1. The number of nitrogens with zero attached hydrogens (tertiary/aromatic N) is 1. The van der Waals surface area contributed by atoms with Gasteiger partial charge in [0.15, 0.2) is 0 Å². The van der Waals surface area contributed by atoms with Crippen LogP contribution in [0.5, 0.6) is 0 Å². The maximum absolute atomic E-state index is 12.3. The van der Waals surface area contributed by atoms with Gasteiger partial charge in [-0.25, -0.2) is 0 Å². The highest BCUT2D eigenvalue weighted by Gasteiger charge is 2.19. The van der Waals surface area contributed by atoms with Crippen LogP contribution in [0.25, 0.3) is 0 Å². The zero-order valence-electron chi connectivity index (χ0n) is 12.4. The molecule has 19 heavy (non-hydrogen) atoms. The van der Waals surface area contributed by atoms with E-state index in [9.17, 15) is 4.79 Å². The van der Waals surface area contributed by atoms with Crippen LogP contribution in [0.4, 0.5) is 0 Å². The molecule has 1 atom stereocenters. The lowest BCUT2D eigenvalue weighted by atomic mass is 10.1. The molecule has 0 aromatic heterocycles. The zero-order chi connectivity index (χ0) is 14.3. The predicted octanol–water partition coefficient (Wildman–Crippen LogP) is 2.86. The van der Waals surface area contributed by atoms with Gasteiger partial charge < -0.3 is 10.6 Å². The molecule has 1 rings (SSSR count). The Morgan fingerprint density at radius 1 is 1.37 bits per heavy atom. The summed E-state index contributed by atoms with van der Waals surface area (Å²) in [5.74, 6) is 0.0671. The Bertz CT molecular complexity index is 403.